The quantitative estimate of drug-likeness (QED) is 0.802. The van der Waals surface area contributed by atoms with Crippen molar-refractivity contribution in [2.24, 2.45) is 0 Å². The summed E-state index contributed by atoms with van der Waals surface area (Å²) in [6.07, 6.45) is 1.89. The third kappa shape index (κ3) is 2.16. The van der Waals surface area contributed by atoms with Crippen LogP contribution in [0, 0.1) is 0 Å². The monoisotopic (exact) mass is 282 g/mol. The van der Waals surface area contributed by atoms with Gasteiger partial charge in [-0.25, -0.2) is 4.98 Å². The first-order valence-electron chi connectivity index (χ1n) is 6.70. The average Bonchev–Trinajstić information content (AvgIpc) is 2.85. The Morgan fingerprint density at radius 3 is 2.48 bits per heavy atom. The Bertz CT molecular complexity index is 775. The number of fused-ring (bicyclic) bond motifs is 1. The molecule has 0 bridgehead atoms. The van der Waals surface area contributed by atoms with E-state index < -0.39 is 0 Å². The number of hydrogen-bond acceptors (Lipinski definition) is 4. The fourth-order valence-corrected chi connectivity index (χ4v) is 2.35. The van der Waals surface area contributed by atoms with Crippen molar-refractivity contribution in [3.05, 3.63) is 42.6 Å². The van der Waals surface area contributed by atoms with Gasteiger partial charge in [0, 0.05) is 31.5 Å². The standard InChI is InChI=1S/C16H18N4O/c1-19(2)12-8-6-11(7-9-12)14-15(17)20-10-4-5-13(21-3)16(20)18-14/h4-10H,17H2,1-3H3. The van der Waals surface area contributed by atoms with E-state index in [0.717, 1.165) is 22.6 Å². The van der Waals surface area contributed by atoms with Crippen LogP contribution in [0.25, 0.3) is 16.9 Å². The molecule has 1 aromatic carbocycles. The zero-order valence-electron chi connectivity index (χ0n) is 12.4. The molecule has 0 atom stereocenters. The van der Waals surface area contributed by atoms with Crippen molar-refractivity contribution in [2.75, 3.05) is 31.8 Å². The lowest BCUT2D eigenvalue weighted by Gasteiger charge is -2.12. The average molecular weight is 282 g/mol. The van der Waals surface area contributed by atoms with Crippen molar-refractivity contribution in [1.82, 2.24) is 9.38 Å². The van der Waals surface area contributed by atoms with E-state index in [1.54, 1.807) is 7.11 Å². The zero-order chi connectivity index (χ0) is 15.0. The number of methoxy groups -OCH3 is 1. The van der Waals surface area contributed by atoms with Crippen LogP contribution in [0.4, 0.5) is 11.5 Å². The predicted octanol–water partition coefficient (Wildman–Crippen LogP) is 2.66. The summed E-state index contributed by atoms with van der Waals surface area (Å²) in [5.41, 5.74) is 9.85. The van der Waals surface area contributed by atoms with Gasteiger partial charge in [0.05, 0.1) is 7.11 Å². The molecule has 0 aliphatic heterocycles. The van der Waals surface area contributed by atoms with Gasteiger partial charge in [-0.1, -0.05) is 12.1 Å². The van der Waals surface area contributed by atoms with E-state index in [9.17, 15) is 0 Å². The van der Waals surface area contributed by atoms with Crippen LogP contribution in [0.5, 0.6) is 5.75 Å². The summed E-state index contributed by atoms with van der Waals surface area (Å²) in [4.78, 5) is 6.68. The second kappa shape index (κ2) is 5.01. The maximum atomic E-state index is 6.23. The SMILES string of the molecule is COc1cccn2c(N)c(-c3ccc(N(C)C)cc3)nc12. The van der Waals surface area contributed by atoms with Gasteiger partial charge in [-0.3, -0.25) is 4.40 Å². The lowest BCUT2D eigenvalue weighted by Crippen LogP contribution is -2.07. The molecule has 5 heteroatoms. The van der Waals surface area contributed by atoms with E-state index in [0.29, 0.717) is 11.6 Å². The van der Waals surface area contributed by atoms with Gasteiger partial charge in [0.15, 0.2) is 11.4 Å². The third-order valence-corrected chi connectivity index (χ3v) is 3.53. The van der Waals surface area contributed by atoms with E-state index >= 15 is 0 Å². The molecule has 5 nitrogen and oxygen atoms in total. The highest BCUT2D eigenvalue weighted by atomic mass is 16.5. The van der Waals surface area contributed by atoms with Crippen LogP contribution in [-0.4, -0.2) is 30.6 Å². The molecule has 0 saturated heterocycles. The first-order chi connectivity index (χ1) is 10.1. The second-order valence-corrected chi connectivity index (χ2v) is 5.06. The summed E-state index contributed by atoms with van der Waals surface area (Å²) in [6.45, 7) is 0. The van der Waals surface area contributed by atoms with Crippen LogP contribution >= 0.6 is 0 Å². The molecule has 0 aliphatic rings. The highest BCUT2D eigenvalue weighted by Gasteiger charge is 2.14. The maximum Gasteiger partial charge on any atom is 0.181 e. The number of benzene rings is 1. The fourth-order valence-electron chi connectivity index (χ4n) is 2.35. The van der Waals surface area contributed by atoms with Crippen molar-refractivity contribution in [3.8, 4) is 17.0 Å². The molecule has 3 aromatic rings. The predicted molar refractivity (Wildman–Crippen MR) is 85.9 cm³/mol. The molecule has 0 unspecified atom stereocenters. The molecular weight excluding hydrogens is 264 g/mol. The normalized spacial score (nSPS) is 10.8. The van der Waals surface area contributed by atoms with Crippen LogP contribution in [0.1, 0.15) is 0 Å². The summed E-state index contributed by atoms with van der Waals surface area (Å²) in [6, 6.07) is 11.9. The first-order valence-corrected chi connectivity index (χ1v) is 6.70. The smallest absolute Gasteiger partial charge is 0.181 e. The molecule has 2 aromatic heterocycles. The molecule has 0 spiro atoms. The molecule has 108 valence electrons. The molecule has 2 heterocycles. The maximum absolute atomic E-state index is 6.23. The molecule has 0 fully saturated rings. The van der Waals surface area contributed by atoms with Crippen molar-refractivity contribution in [2.45, 2.75) is 0 Å². The molecular formula is C16H18N4O. The number of hydrogen-bond donors (Lipinski definition) is 1. The van der Waals surface area contributed by atoms with Gasteiger partial charge >= 0.3 is 0 Å². The van der Waals surface area contributed by atoms with Crippen LogP contribution in [0.2, 0.25) is 0 Å². The minimum Gasteiger partial charge on any atom is -0.493 e. The molecule has 3 rings (SSSR count). The summed E-state index contributed by atoms with van der Waals surface area (Å²) < 4.78 is 7.18. The third-order valence-electron chi connectivity index (χ3n) is 3.53. The lowest BCUT2D eigenvalue weighted by atomic mass is 10.1. The van der Waals surface area contributed by atoms with E-state index in [4.69, 9.17) is 10.5 Å². The van der Waals surface area contributed by atoms with Crippen molar-refractivity contribution in [1.29, 1.82) is 0 Å². The van der Waals surface area contributed by atoms with Crippen molar-refractivity contribution in [3.63, 3.8) is 0 Å². The van der Waals surface area contributed by atoms with Gasteiger partial charge in [0.1, 0.15) is 11.5 Å². The van der Waals surface area contributed by atoms with Crippen LogP contribution in [0.15, 0.2) is 42.6 Å². The number of nitrogens with two attached hydrogens (primary N) is 1. The van der Waals surface area contributed by atoms with E-state index in [1.807, 2.05) is 49.0 Å². The number of anilines is 2. The second-order valence-electron chi connectivity index (χ2n) is 5.06. The topological polar surface area (TPSA) is 55.8 Å². The number of nitrogen functional groups attached to an aromatic ring is 1. The summed E-state index contributed by atoms with van der Waals surface area (Å²) in [5.74, 6) is 1.32. The largest absolute Gasteiger partial charge is 0.493 e. The van der Waals surface area contributed by atoms with Gasteiger partial charge < -0.3 is 15.4 Å². The Balaban J connectivity index is 2.14. The number of rotatable bonds is 3. The number of ether oxygens (including phenoxy) is 1. The summed E-state index contributed by atoms with van der Waals surface area (Å²) in [5, 5.41) is 0. The van der Waals surface area contributed by atoms with Gasteiger partial charge in [-0.05, 0) is 24.3 Å². The van der Waals surface area contributed by atoms with E-state index in [2.05, 4.69) is 22.0 Å². The summed E-state index contributed by atoms with van der Waals surface area (Å²) >= 11 is 0. The Hall–Kier alpha value is -2.69. The van der Waals surface area contributed by atoms with Gasteiger partial charge in [0.2, 0.25) is 0 Å². The molecule has 0 aliphatic carbocycles. The Labute approximate surface area is 123 Å². The Morgan fingerprint density at radius 1 is 1.14 bits per heavy atom. The summed E-state index contributed by atoms with van der Waals surface area (Å²) in [7, 11) is 5.66. The fraction of sp³-hybridized carbons (Fsp3) is 0.188. The van der Waals surface area contributed by atoms with Gasteiger partial charge in [-0.15, -0.1) is 0 Å². The van der Waals surface area contributed by atoms with Crippen LogP contribution in [-0.2, 0) is 0 Å². The zero-order valence-corrected chi connectivity index (χ0v) is 12.4. The Kier molecular flexibility index (Phi) is 3.17. The molecule has 21 heavy (non-hydrogen) atoms. The van der Waals surface area contributed by atoms with Gasteiger partial charge in [-0.2, -0.15) is 0 Å². The van der Waals surface area contributed by atoms with Gasteiger partial charge in [0.25, 0.3) is 0 Å². The highest BCUT2D eigenvalue weighted by molar-refractivity contribution is 5.77. The number of pyridine rings is 1. The number of nitrogens with zero attached hydrogens (tertiary/aromatic N) is 3. The molecule has 2 N–H and O–H groups in total. The highest BCUT2D eigenvalue weighted by Crippen LogP contribution is 2.30. The molecule has 0 radical (unpaired) electrons. The number of aromatic nitrogens is 2. The van der Waals surface area contributed by atoms with Crippen LogP contribution in [0.3, 0.4) is 0 Å². The van der Waals surface area contributed by atoms with Crippen molar-refractivity contribution >= 4 is 17.2 Å². The minimum absolute atomic E-state index is 0.613. The Morgan fingerprint density at radius 2 is 1.86 bits per heavy atom. The molecule has 0 amide bonds. The van der Waals surface area contributed by atoms with Crippen molar-refractivity contribution < 1.29 is 4.74 Å². The number of imidazole rings is 1. The van der Waals surface area contributed by atoms with E-state index in [1.165, 1.54) is 0 Å². The van der Waals surface area contributed by atoms with E-state index in [-0.39, 0.29) is 0 Å². The van der Waals surface area contributed by atoms with Crippen LogP contribution < -0.4 is 15.4 Å². The first kappa shape index (κ1) is 13.3. The lowest BCUT2D eigenvalue weighted by molar-refractivity contribution is 0.417. The minimum atomic E-state index is 0.613. The molecule has 0 saturated carbocycles.